The summed E-state index contributed by atoms with van der Waals surface area (Å²) in [6.45, 7) is 1.86. The van der Waals surface area contributed by atoms with Crippen molar-refractivity contribution in [2.24, 2.45) is 0 Å². The number of aryl methyl sites for hydroxylation is 1. The molecular formula is C13H16N4O4. The molecule has 112 valence electrons. The zero-order chi connectivity index (χ0) is 15.2. The monoisotopic (exact) mass is 292 g/mol. The molecule has 2 fully saturated rings. The molecule has 1 aromatic heterocycles. The van der Waals surface area contributed by atoms with Crippen LogP contribution in [-0.4, -0.2) is 56.2 Å². The van der Waals surface area contributed by atoms with Crippen molar-refractivity contribution < 1.29 is 19.8 Å². The van der Waals surface area contributed by atoms with Gasteiger partial charge in [-0.2, -0.15) is 0 Å². The molecule has 8 nitrogen and oxygen atoms in total. The molecule has 1 saturated heterocycles. The standard InChI is InChI=1S/C13H16N4O4/c1-6-3-4-7-10(18)14-9-8(17(6)7)5-12(20)13(9,21)15-11(19)16(12)2/h3-4,8-9,20-21H,5H2,1-2H3,(H,14,18)(H,15,19). The van der Waals surface area contributed by atoms with E-state index in [1.807, 2.05) is 17.6 Å². The van der Waals surface area contributed by atoms with Gasteiger partial charge in [0.05, 0.1) is 6.04 Å². The van der Waals surface area contributed by atoms with Gasteiger partial charge >= 0.3 is 6.03 Å². The number of aromatic nitrogens is 1. The van der Waals surface area contributed by atoms with E-state index in [1.54, 1.807) is 6.07 Å². The third-order valence-corrected chi connectivity index (χ3v) is 5.07. The minimum absolute atomic E-state index is 0.131. The highest BCUT2D eigenvalue weighted by molar-refractivity contribution is 5.94. The maximum Gasteiger partial charge on any atom is 0.321 e. The summed E-state index contributed by atoms with van der Waals surface area (Å²) < 4.78 is 1.82. The first-order valence-corrected chi connectivity index (χ1v) is 6.79. The Bertz CT molecular complexity index is 686. The zero-order valence-electron chi connectivity index (χ0n) is 11.6. The van der Waals surface area contributed by atoms with Crippen LogP contribution < -0.4 is 10.6 Å². The van der Waals surface area contributed by atoms with E-state index in [-0.39, 0.29) is 18.4 Å². The number of aliphatic hydroxyl groups is 2. The lowest BCUT2D eigenvalue weighted by atomic mass is 10.0. The first kappa shape index (κ1) is 12.7. The van der Waals surface area contributed by atoms with E-state index in [9.17, 15) is 19.8 Å². The Morgan fingerprint density at radius 3 is 2.76 bits per heavy atom. The molecule has 4 unspecified atom stereocenters. The number of hydrogen-bond acceptors (Lipinski definition) is 4. The predicted octanol–water partition coefficient (Wildman–Crippen LogP) is -1.11. The summed E-state index contributed by atoms with van der Waals surface area (Å²) in [5.74, 6) is -0.328. The van der Waals surface area contributed by atoms with Crippen molar-refractivity contribution in [3.05, 3.63) is 23.5 Å². The summed E-state index contributed by atoms with van der Waals surface area (Å²) in [5, 5.41) is 26.8. The maximum absolute atomic E-state index is 12.2. The fourth-order valence-electron chi connectivity index (χ4n) is 3.91. The van der Waals surface area contributed by atoms with Crippen LogP contribution in [0.15, 0.2) is 12.1 Å². The molecule has 2 aliphatic heterocycles. The van der Waals surface area contributed by atoms with Crippen LogP contribution in [0.1, 0.15) is 28.6 Å². The van der Waals surface area contributed by atoms with E-state index in [0.29, 0.717) is 5.69 Å². The molecule has 4 atom stereocenters. The summed E-state index contributed by atoms with van der Waals surface area (Å²) in [4.78, 5) is 25.1. The molecule has 1 aliphatic carbocycles. The number of nitrogens with one attached hydrogen (secondary N) is 2. The third kappa shape index (κ3) is 1.19. The lowest BCUT2D eigenvalue weighted by Gasteiger charge is -2.37. The molecule has 8 heteroatoms. The Morgan fingerprint density at radius 1 is 1.33 bits per heavy atom. The number of carbonyl (C=O) groups is 2. The van der Waals surface area contributed by atoms with Crippen LogP contribution in [-0.2, 0) is 0 Å². The maximum atomic E-state index is 12.2. The van der Waals surface area contributed by atoms with Gasteiger partial charge in [0.25, 0.3) is 5.91 Å². The Morgan fingerprint density at radius 2 is 2.05 bits per heavy atom. The summed E-state index contributed by atoms with van der Waals surface area (Å²) >= 11 is 0. The molecule has 4 N–H and O–H groups in total. The average molecular weight is 292 g/mol. The van der Waals surface area contributed by atoms with Crippen LogP contribution >= 0.6 is 0 Å². The summed E-state index contributed by atoms with van der Waals surface area (Å²) in [5.41, 5.74) is -2.30. The van der Waals surface area contributed by atoms with Crippen molar-refractivity contribution in [1.29, 1.82) is 0 Å². The van der Waals surface area contributed by atoms with E-state index in [2.05, 4.69) is 10.6 Å². The molecule has 1 saturated carbocycles. The quantitative estimate of drug-likeness (QED) is 0.486. The van der Waals surface area contributed by atoms with Crippen molar-refractivity contribution in [3.63, 3.8) is 0 Å². The molecular weight excluding hydrogens is 276 g/mol. The van der Waals surface area contributed by atoms with E-state index in [4.69, 9.17) is 0 Å². The van der Waals surface area contributed by atoms with Gasteiger partial charge in [0.15, 0.2) is 5.72 Å². The highest BCUT2D eigenvalue weighted by atomic mass is 16.4. The van der Waals surface area contributed by atoms with Crippen LogP contribution in [0.2, 0.25) is 0 Å². The smallest absolute Gasteiger partial charge is 0.321 e. The molecule has 0 spiro atoms. The number of nitrogens with zero attached hydrogens (tertiary/aromatic N) is 2. The summed E-state index contributed by atoms with van der Waals surface area (Å²) in [6.07, 6.45) is 0.131. The normalized spacial score (nSPS) is 40.5. The predicted molar refractivity (Wildman–Crippen MR) is 70.3 cm³/mol. The number of rotatable bonds is 0. The average Bonchev–Trinajstić information content (AvgIpc) is 2.95. The second-order valence-electron chi connectivity index (χ2n) is 6.02. The van der Waals surface area contributed by atoms with Crippen LogP contribution in [0.5, 0.6) is 0 Å². The van der Waals surface area contributed by atoms with Gasteiger partial charge in [0, 0.05) is 19.2 Å². The Balaban J connectivity index is 1.89. The molecule has 21 heavy (non-hydrogen) atoms. The molecule has 3 heterocycles. The van der Waals surface area contributed by atoms with Gasteiger partial charge in [-0.3, -0.25) is 9.69 Å². The molecule has 1 aromatic rings. The van der Waals surface area contributed by atoms with Crippen molar-refractivity contribution in [1.82, 2.24) is 20.1 Å². The summed E-state index contributed by atoms with van der Waals surface area (Å²) in [7, 11) is 1.43. The first-order chi connectivity index (χ1) is 9.79. The Hall–Kier alpha value is -2.06. The van der Waals surface area contributed by atoms with Gasteiger partial charge < -0.3 is 25.4 Å². The largest absolute Gasteiger partial charge is 0.366 e. The van der Waals surface area contributed by atoms with E-state index in [0.717, 1.165) is 10.6 Å². The van der Waals surface area contributed by atoms with Crippen LogP contribution in [0.3, 0.4) is 0 Å². The highest BCUT2D eigenvalue weighted by Gasteiger charge is 2.73. The van der Waals surface area contributed by atoms with Gasteiger partial charge in [-0.1, -0.05) is 0 Å². The second-order valence-corrected chi connectivity index (χ2v) is 6.02. The number of amides is 3. The van der Waals surface area contributed by atoms with Crippen molar-refractivity contribution in [2.75, 3.05) is 7.05 Å². The minimum Gasteiger partial charge on any atom is -0.366 e. The molecule has 0 bridgehead atoms. The Kier molecular flexibility index (Phi) is 2.05. The van der Waals surface area contributed by atoms with Gasteiger partial charge in [-0.25, -0.2) is 4.79 Å². The SMILES string of the molecule is Cc1ccc2n1C1CC3(O)N(C)C(=O)NC3(O)C1NC2=O. The van der Waals surface area contributed by atoms with Crippen LogP contribution in [0.25, 0.3) is 0 Å². The number of hydrogen-bond donors (Lipinski definition) is 4. The molecule has 0 aromatic carbocycles. The highest BCUT2D eigenvalue weighted by Crippen LogP contribution is 2.50. The van der Waals surface area contributed by atoms with Crippen molar-refractivity contribution >= 4 is 11.9 Å². The van der Waals surface area contributed by atoms with E-state index < -0.39 is 23.5 Å². The minimum atomic E-state index is -1.91. The first-order valence-electron chi connectivity index (χ1n) is 6.79. The number of urea groups is 1. The molecule has 3 amide bonds. The molecule has 4 rings (SSSR count). The van der Waals surface area contributed by atoms with Crippen molar-refractivity contribution in [3.8, 4) is 0 Å². The fourth-order valence-corrected chi connectivity index (χ4v) is 3.91. The fraction of sp³-hybridized carbons (Fsp3) is 0.538. The Labute approximate surface area is 120 Å². The van der Waals surface area contributed by atoms with Crippen LogP contribution in [0, 0.1) is 6.92 Å². The third-order valence-electron chi connectivity index (χ3n) is 5.07. The topological polar surface area (TPSA) is 107 Å². The number of likely N-dealkylation sites (N-methyl/N-ethyl adjacent to an activating group) is 1. The number of carbonyl (C=O) groups excluding carboxylic acids is 2. The lowest BCUT2D eigenvalue weighted by molar-refractivity contribution is -0.178. The zero-order valence-corrected chi connectivity index (χ0v) is 11.6. The van der Waals surface area contributed by atoms with E-state index in [1.165, 1.54) is 7.05 Å². The summed E-state index contributed by atoms with van der Waals surface area (Å²) in [6, 6.07) is 1.85. The van der Waals surface area contributed by atoms with Gasteiger partial charge in [-0.15, -0.1) is 0 Å². The van der Waals surface area contributed by atoms with Crippen LogP contribution in [0.4, 0.5) is 4.79 Å². The molecule has 0 radical (unpaired) electrons. The van der Waals surface area contributed by atoms with Crippen molar-refractivity contribution in [2.45, 2.75) is 36.9 Å². The molecule has 3 aliphatic rings. The second kappa shape index (κ2) is 3.40. The lowest BCUT2D eigenvalue weighted by Crippen LogP contribution is -2.67. The number of fused-ring (bicyclic) bond motifs is 5. The van der Waals surface area contributed by atoms with Gasteiger partial charge in [0.1, 0.15) is 11.7 Å². The van der Waals surface area contributed by atoms with E-state index >= 15 is 0 Å². The van der Waals surface area contributed by atoms with Gasteiger partial charge in [0.2, 0.25) is 5.72 Å². The van der Waals surface area contributed by atoms with Gasteiger partial charge in [-0.05, 0) is 19.1 Å².